The molecule has 1 saturated heterocycles. The summed E-state index contributed by atoms with van der Waals surface area (Å²) in [5, 5.41) is 12.2. The molecular weight excluding hydrogens is 340 g/mol. The number of aromatic nitrogens is 3. The van der Waals surface area contributed by atoms with E-state index in [4.69, 9.17) is 9.15 Å². The molecule has 0 aromatic carbocycles. The van der Waals surface area contributed by atoms with Crippen LogP contribution in [0.4, 0.5) is 0 Å². The number of hydrogen-bond acceptors (Lipinski definition) is 6. The number of amides is 1. The van der Waals surface area contributed by atoms with Crippen LogP contribution in [0.25, 0.3) is 11.6 Å². The van der Waals surface area contributed by atoms with Gasteiger partial charge in [0, 0.05) is 13.2 Å². The lowest BCUT2D eigenvalue weighted by Crippen LogP contribution is -2.26. The third-order valence-electron chi connectivity index (χ3n) is 4.05. The molecule has 25 heavy (non-hydrogen) atoms. The Kier molecular flexibility index (Phi) is 6.52. The van der Waals surface area contributed by atoms with Crippen LogP contribution in [0.1, 0.15) is 32.6 Å². The largest absolute Gasteiger partial charge is 0.461 e. The number of hydrogen-bond donors (Lipinski definition) is 1. The highest BCUT2D eigenvalue weighted by Gasteiger charge is 2.23. The Morgan fingerprint density at radius 2 is 2.40 bits per heavy atom. The number of unbranched alkanes of at least 4 members (excludes halogenated alkanes) is 1. The number of carbonyl (C=O) groups excluding carboxylic acids is 1. The van der Waals surface area contributed by atoms with Crippen LogP contribution < -0.4 is 5.32 Å². The lowest BCUT2D eigenvalue weighted by Gasteiger charge is -2.13. The Balaban J connectivity index is 1.68. The Labute approximate surface area is 151 Å². The predicted molar refractivity (Wildman–Crippen MR) is 95.3 cm³/mol. The number of rotatable bonds is 9. The summed E-state index contributed by atoms with van der Waals surface area (Å²) in [4.78, 5) is 11.9. The minimum absolute atomic E-state index is 0.0182. The van der Waals surface area contributed by atoms with Crippen molar-refractivity contribution in [2.45, 2.75) is 50.4 Å². The molecule has 2 aromatic heterocycles. The number of carbonyl (C=O) groups is 1. The zero-order valence-corrected chi connectivity index (χ0v) is 15.3. The fourth-order valence-corrected chi connectivity index (χ4v) is 3.50. The number of nitrogens with one attached hydrogen (secondary N) is 1. The zero-order chi connectivity index (χ0) is 17.5. The summed E-state index contributed by atoms with van der Waals surface area (Å²) in [7, 11) is 0. The van der Waals surface area contributed by atoms with Crippen LogP contribution in [0.3, 0.4) is 0 Å². The van der Waals surface area contributed by atoms with Crippen LogP contribution in [-0.4, -0.2) is 45.7 Å². The van der Waals surface area contributed by atoms with E-state index in [9.17, 15) is 4.79 Å². The van der Waals surface area contributed by atoms with E-state index < -0.39 is 0 Å². The van der Waals surface area contributed by atoms with E-state index in [-0.39, 0.29) is 12.0 Å². The molecule has 7 nitrogen and oxygen atoms in total. The molecule has 1 amide bonds. The Bertz CT molecular complexity index is 665. The van der Waals surface area contributed by atoms with Crippen molar-refractivity contribution < 1.29 is 13.9 Å². The Morgan fingerprint density at radius 3 is 3.12 bits per heavy atom. The molecule has 1 aliphatic rings. The lowest BCUT2D eigenvalue weighted by molar-refractivity contribution is -0.118. The van der Waals surface area contributed by atoms with Crippen LogP contribution in [0.15, 0.2) is 28.0 Å². The summed E-state index contributed by atoms with van der Waals surface area (Å²) in [6, 6.07) is 3.69. The van der Waals surface area contributed by atoms with Crippen molar-refractivity contribution in [1.82, 2.24) is 20.1 Å². The number of thioether (sulfide) groups is 1. The Hall–Kier alpha value is -1.80. The summed E-state index contributed by atoms with van der Waals surface area (Å²) < 4.78 is 13.2. The molecule has 1 aliphatic heterocycles. The second kappa shape index (κ2) is 9.05. The average Bonchev–Trinajstić information content (AvgIpc) is 3.36. The summed E-state index contributed by atoms with van der Waals surface area (Å²) in [5.74, 6) is 1.69. The molecule has 0 aliphatic carbocycles. The van der Waals surface area contributed by atoms with Gasteiger partial charge in [0.05, 0.1) is 24.7 Å². The summed E-state index contributed by atoms with van der Waals surface area (Å²) in [5.41, 5.74) is 0. The van der Waals surface area contributed by atoms with Gasteiger partial charge >= 0.3 is 0 Å². The van der Waals surface area contributed by atoms with Gasteiger partial charge in [0.15, 0.2) is 10.9 Å². The fraction of sp³-hybridized carbons (Fsp3) is 0.588. The van der Waals surface area contributed by atoms with Gasteiger partial charge in [-0.1, -0.05) is 25.1 Å². The highest BCUT2D eigenvalue weighted by atomic mass is 32.2. The van der Waals surface area contributed by atoms with Crippen molar-refractivity contribution in [2.75, 3.05) is 18.9 Å². The first-order valence-corrected chi connectivity index (χ1v) is 9.74. The van der Waals surface area contributed by atoms with Gasteiger partial charge in [-0.15, -0.1) is 10.2 Å². The van der Waals surface area contributed by atoms with E-state index in [1.807, 2.05) is 16.7 Å². The van der Waals surface area contributed by atoms with Gasteiger partial charge in [0.1, 0.15) is 0 Å². The first kappa shape index (κ1) is 18.0. The van der Waals surface area contributed by atoms with Gasteiger partial charge in [-0.2, -0.15) is 0 Å². The van der Waals surface area contributed by atoms with Crippen molar-refractivity contribution in [3.05, 3.63) is 18.4 Å². The van der Waals surface area contributed by atoms with Crippen molar-refractivity contribution in [2.24, 2.45) is 0 Å². The minimum atomic E-state index is 0.0182. The molecule has 1 N–H and O–H groups in total. The van der Waals surface area contributed by atoms with Crippen LogP contribution in [0.5, 0.6) is 0 Å². The molecule has 1 fully saturated rings. The highest BCUT2D eigenvalue weighted by Crippen LogP contribution is 2.26. The van der Waals surface area contributed by atoms with Gasteiger partial charge in [-0.25, -0.2) is 0 Å². The second-order valence-electron chi connectivity index (χ2n) is 6.02. The molecule has 2 aromatic rings. The number of nitrogens with zero attached hydrogens (tertiary/aromatic N) is 3. The minimum Gasteiger partial charge on any atom is -0.461 e. The quantitative estimate of drug-likeness (QED) is 0.544. The molecule has 3 heterocycles. The third-order valence-corrected chi connectivity index (χ3v) is 5.02. The monoisotopic (exact) mass is 364 g/mol. The lowest BCUT2D eigenvalue weighted by atomic mass is 10.2. The predicted octanol–water partition coefficient (Wildman–Crippen LogP) is 2.73. The van der Waals surface area contributed by atoms with Crippen molar-refractivity contribution in [3.8, 4) is 11.6 Å². The van der Waals surface area contributed by atoms with Crippen molar-refractivity contribution in [3.63, 3.8) is 0 Å². The van der Waals surface area contributed by atoms with Gasteiger partial charge in [0.2, 0.25) is 11.7 Å². The maximum absolute atomic E-state index is 11.9. The van der Waals surface area contributed by atoms with Crippen LogP contribution in [0, 0.1) is 0 Å². The maximum atomic E-state index is 11.9. The molecule has 0 radical (unpaired) electrons. The zero-order valence-electron chi connectivity index (χ0n) is 14.4. The van der Waals surface area contributed by atoms with Gasteiger partial charge < -0.3 is 14.5 Å². The first-order chi connectivity index (χ1) is 12.3. The molecule has 1 atom stereocenters. The first-order valence-electron chi connectivity index (χ1n) is 8.76. The van der Waals surface area contributed by atoms with Crippen LogP contribution in [0.2, 0.25) is 0 Å². The standard InChI is InChI=1S/C17H24N4O3S/c1-2-3-8-18-15(22)12-25-17-20-19-16(14-7-5-10-24-14)21(17)11-13-6-4-9-23-13/h5,7,10,13H,2-4,6,8-9,11-12H2,1H3,(H,18,22)/t13-/m0/s1. The molecule has 0 spiro atoms. The second-order valence-corrected chi connectivity index (χ2v) is 6.96. The van der Waals surface area contributed by atoms with Crippen LogP contribution in [-0.2, 0) is 16.1 Å². The summed E-state index contributed by atoms with van der Waals surface area (Å²) >= 11 is 1.39. The fourth-order valence-electron chi connectivity index (χ4n) is 2.73. The Morgan fingerprint density at radius 1 is 1.48 bits per heavy atom. The van der Waals surface area contributed by atoms with Gasteiger partial charge in [-0.05, 0) is 31.4 Å². The van der Waals surface area contributed by atoms with E-state index in [1.165, 1.54) is 11.8 Å². The molecule has 0 unspecified atom stereocenters. The van der Waals surface area contributed by atoms with Gasteiger partial charge in [-0.3, -0.25) is 9.36 Å². The van der Waals surface area contributed by atoms with Crippen molar-refractivity contribution in [1.29, 1.82) is 0 Å². The summed E-state index contributed by atoms with van der Waals surface area (Å²) in [6.07, 6.45) is 5.93. The highest BCUT2D eigenvalue weighted by molar-refractivity contribution is 7.99. The normalized spacial score (nSPS) is 17.1. The SMILES string of the molecule is CCCCNC(=O)CSc1nnc(-c2ccco2)n1C[C@@H]1CCCO1. The molecule has 0 bridgehead atoms. The molecule has 0 saturated carbocycles. The third kappa shape index (κ3) is 4.85. The smallest absolute Gasteiger partial charge is 0.230 e. The molecule has 8 heteroatoms. The van der Waals surface area contributed by atoms with Crippen molar-refractivity contribution >= 4 is 17.7 Å². The number of ether oxygens (including phenoxy) is 1. The van der Waals surface area contributed by atoms with Gasteiger partial charge in [0.25, 0.3) is 0 Å². The van der Waals surface area contributed by atoms with Crippen LogP contribution >= 0.6 is 11.8 Å². The van der Waals surface area contributed by atoms with E-state index in [0.717, 1.165) is 38.8 Å². The summed E-state index contributed by atoms with van der Waals surface area (Å²) in [6.45, 7) is 4.29. The van der Waals surface area contributed by atoms with E-state index in [2.05, 4.69) is 22.4 Å². The molecule has 136 valence electrons. The molecule has 3 rings (SSSR count). The van der Waals surface area contributed by atoms with E-state index in [0.29, 0.717) is 29.0 Å². The van der Waals surface area contributed by atoms with E-state index in [1.54, 1.807) is 6.26 Å². The maximum Gasteiger partial charge on any atom is 0.230 e. The number of furan rings is 1. The topological polar surface area (TPSA) is 82.2 Å². The van der Waals surface area contributed by atoms with E-state index >= 15 is 0 Å². The molecular formula is C17H24N4O3S. The average molecular weight is 364 g/mol.